The van der Waals surface area contributed by atoms with Crippen LogP contribution in [0.2, 0.25) is 0 Å². The zero-order valence-electron chi connectivity index (χ0n) is 14.5. The second kappa shape index (κ2) is 7.35. The van der Waals surface area contributed by atoms with Gasteiger partial charge in [-0.1, -0.05) is 12.1 Å². The summed E-state index contributed by atoms with van der Waals surface area (Å²) in [6, 6.07) is 8.05. The van der Waals surface area contributed by atoms with Crippen molar-refractivity contribution in [1.82, 2.24) is 9.88 Å². The van der Waals surface area contributed by atoms with Crippen LogP contribution in [0.15, 0.2) is 41.1 Å². The quantitative estimate of drug-likeness (QED) is 0.460. The number of benzene rings is 1. The van der Waals surface area contributed by atoms with E-state index in [-0.39, 0.29) is 17.6 Å². The van der Waals surface area contributed by atoms with Crippen LogP contribution >= 0.6 is 22.7 Å². The summed E-state index contributed by atoms with van der Waals surface area (Å²) in [6.45, 7) is 3.68. The van der Waals surface area contributed by atoms with E-state index in [1.165, 1.54) is 23.5 Å². The van der Waals surface area contributed by atoms with E-state index < -0.39 is 4.92 Å². The van der Waals surface area contributed by atoms with Crippen LogP contribution in [0.1, 0.15) is 33.9 Å². The number of thiophene rings is 1. The molecule has 1 atom stereocenters. The summed E-state index contributed by atoms with van der Waals surface area (Å²) in [4.78, 5) is 30.2. The number of hydrogen-bond donors (Lipinski definition) is 0. The first kappa shape index (κ1) is 18.2. The van der Waals surface area contributed by atoms with Gasteiger partial charge in [-0.15, -0.1) is 11.3 Å². The summed E-state index contributed by atoms with van der Waals surface area (Å²) in [6.07, 6.45) is 0. The number of rotatable bonds is 5. The molecule has 0 aliphatic carbocycles. The highest BCUT2D eigenvalue weighted by Gasteiger charge is 2.24. The van der Waals surface area contributed by atoms with Gasteiger partial charge in [-0.3, -0.25) is 14.9 Å². The minimum atomic E-state index is -0.432. The Labute approximate surface area is 158 Å². The molecule has 3 rings (SSSR count). The number of amides is 1. The third-order valence-electron chi connectivity index (χ3n) is 4.22. The van der Waals surface area contributed by atoms with Gasteiger partial charge in [-0.2, -0.15) is 11.3 Å². The molecule has 1 amide bonds. The maximum absolute atomic E-state index is 12.9. The lowest BCUT2D eigenvalue weighted by Crippen LogP contribution is -2.29. The van der Waals surface area contributed by atoms with Crippen molar-refractivity contribution >= 4 is 34.3 Å². The van der Waals surface area contributed by atoms with E-state index >= 15 is 0 Å². The Balaban J connectivity index is 1.85. The van der Waals surface area contributed by atoms with Crippen molar-refractivity contribution < 1.29 is 9.72 Å². The summed E-state index contributed by atoms with van der Waals surface area (Å²) in [5.41, 5.74) is 2.44. The van der Waals surface area contributed by atoms with Gasteiger partial charge < -0.3 is 4.90 Å². The Kier molecular flexibility index (Phi) is 5.15. The number of aryl methyl sites for hydroxylation is 1. The Hall–Kier alpha value is -2.58. The molecule has 0 saturated carbocycles. The van der Waals surface area contributed by atoms with Gasteiger partial charge in [0.2, 0.25) is 0 Å². The number of aromatic nitrogens is 1. The van der Waals surface area contributed by atoms with E-state index in [0.29, 0.717) is 10.6 Å². The minimum Gasteiger partial charge on any atom is -0.334 e. The zero-order valence-corrected chi connectivity index (χ0v) is 16.1. The number of carbonyl (C=O) groups is 1. The Morgan fingerprint density at radius 2 is 2.12 bits per heavy atom. The van der Waals surface area contributed by atoms with Crippen LogP contribution in [0.3, 0.4) is 0 Å². The van der Waals surface area contributed by atoms with Gasteiger partial charge in [0.1, 0.15) is 9.88 Å². The first-order valence-electron chi connectivity index (χ1n) is 7.90. The average Bonchev–Trinajstić information content (AvgIpc) is 3.29. The van der Waals surface area contributed by atoms with Crippen LogP contribution in [0.4, 0.5) is 5.69 Å². The molecule has 0 radical (unpaired) electrons. The molecule has 0 saturated heterocycles. The van der Waals surface area contributed by atoms with Crippen molar-refractivity contribution in [3.8, 4) is 10.6 Å². The molecule has 2 heterocycles. The number of non-ortho nitro benzene ring substituents is 1. The second-order valence-corrected chi connectivity index (χ2v) is 7.67. The molecule has 8 heteroatoms. The van der Waals surface area contributed by atoms with Gasteiger partial charge in [-0.05, 0) is 30.9 Å². The molecule has 0 aliphatic rings. The van der Waals surface area contributed by atoms with Crippen LogP contribution < -0.4 is 0 Å². The van der Waals surface area contributed by atoms with E-state index in [1.807, 2.05) is 30.7 Å². The summed E-state index contributed by atoms with van der Waals surface area (Å²) >= 11 is 2.96. The predicted octanol–water partition coefficient (Wildman–Crippen LogP) is 4.92. The average molecular weight is 387 g/mol. The maximum atomic E-state index is 12.9. The fourth-order valence-corrected chi connectivity index (χ4v) is 4.32. The first-order valence-corrected chi connectivity index (χ1v) is 9.66. The van der Waals surface area contributed by atoms with E-state index in [1.54, 1.807) is 35.4 Å². The van der Waals surface area contributed by atoms with Gasteiger partial charge in [0.05, 0.1) is 16.7 Å². The Bertz CT molecular complexity index is 951. The number of thiazole rings is 1. The highest BCUT2D eigenvalue weighted by atomic mass is 32.1. The monoisotopic (exact) mass is 387 g/mol. The molecule has 0 N–H and O–H groups in total. The van der Waals surface area contributed by atoms with E-state index in [9.17, 15) is 14.9 Å². The molecule has 134 valence electrons. The molecule has 1 unspecified atom stereocenters. The smallest absolute Gasteiger partial charge is 0.269 e. The normalized spacial score (nSPS) is 12.0. The number of nitro benzene ring substituents is 1. The van der Waals surface area contributed by atoms with Crippen molar-refractivity contribution in [3.05, 3.63) is 67.3 Å². The fourth-order valence-electron chi connectivity index (χ4n) is 2.56. The van der Waals surface area contributed by atoms with Crippen LogP contribution in [-0.4, -0.2) is 27.8 Å². The van der Waals surface area contributed by atoms with Crippen LogP contribution in [0.25, 0.3) is 10.6 Å². The minimum absolute atomic E-state index is 0.0175. The SMILES string of the molecule is Cc1nc(-c2ccsc2)sc1C(=O)N(C)C(C)c1cccc([N+](=O)[O-])c1. The number of carbonyl (C=O) groups excluding carboxylic acids is 1. The van der Waals surface area contributed by atoms with Gasteiger partial charge in [0.15, 0.2) is 0 Å². The summed E-state index contributed by atoms with van der Waals surface area (Å²) < 4.78 is 0. The van der Waals surface area contributed by atoms with Crippen LogP contribution in [0.5, 0.6) is 0 Å². The molecule has 3 aromatic rings. The highest BCUT2D eigenvalue weighted by molar-refractivity contribution is 7.17. The van der Waals surface area contributed by atoms with Crippen LogP contribution in [-0.2, 0) is 0 Å². The van der Waals surface area contributed by atoms with Crippen molar-refractivity contribution in [1.29, 1.82) is 0 Å². The Morgan fingerprint density at radius 3 is 2.77 bits per heavy atom. The van der Waals surface area contributed by atoms with E-state index in [2.05, 4.69) is 4.98 Å². The summed E-state index contributed by atoms with van der Waals surface area (Å²) in [5.74, 6) is -0.138. The maximum Gasteiger partial charge on any atom is 0.269 e. The highest BCUT2D eigenvalue weighted by Crippen LogP contribution is 2.32. The number of nitro groups is 1. The van der Waals surface area contributed by atoms with Gasteiger partial charge >= 0.3 is 0 Å². The predicted molar refractivity (Wildman–Crippen MR) is 104 cm³/mol. The number of hydrogen-bond acceptors (Lipinski definition) is 6. The Morgan fingerprint density at radius 1 is 1.35 bits per heavy atom. The fraction of sp³-hybridized carbons (Fsp3) is 0.222. The topological polar surface area (TPSA) is 76.3 Å². The molecule has 2 aromatic heterocycles. The molecule has 0 bridgehead atoms. The second-order valence-electron chi connectivity index (χ2n) is 5.89. The molecule has 0 aliphatic heterocycles. The largest absolute Gasteiger partial charge is 0.334 e. The van der Waals surface area contributed by atoms with Crippen molar-refractivity contribution in [3.63, 3.8) is 0 Å². The molecule has 0 spiro atoms. The lowest BCUT2D eigenvalue weighted by atomic mass is 10.1. The van der Waals surface area contributed by atoms with Crippen molar-refractivity contribution in [2.45, 2.75) is 19.9 Å². The molecular weight excluding hydrogens is 370 g/mol. The third-order valence-corrected chi connectivity index (χ3v) is 6.10. The third kappa shape index (κ3) is 3.51. The van der Waals surface area contributed by atoms with E-state index in [4.69, 9.17) is 0 Å². The molecule has 1 aromatic carbocycles. The van der Waals surface area contributed by atoms with Gasteiger partial charge in [0, 0.05) is 30.1 Å². The van der Waals surface area contributed by atoms with E-state index in [0.717, 1.165) is 16.1 Å². The first-order chi connectivity index (χ1) is 12.4. The molecule has 26 heavy (non-hydrogen) atoms. The van der Waals surface area contributed by atoms with Crippen molar-refractivity contribution in [2.24, 2.45) is 0 Å². The summed E-state index contributed by atoms with van der Waals surface area (Å²) in [7, 11) is 1.70. The molecular formula is C18H17N3O3S2. The molecule has 6 nitrogen and oxygen atoms in total. The zero-order chi connectivity index (χ0) is 18.8. The number of nitrogens with zero attached hydrogens (tertiary/aromatic N) is 3. The molecule has 0 fully saturated rings. The van der Waals surface area contributed by atoms with Crippen LogP contribution in [0, 0.1) is 17.0 Å². The lowest BCUT2D eigenvalue weighted by Gasteiger charge is -2.25. The van der Waals surface area contributed by atoms with Gasteiger partial charge in [-0.25, -0.2) is 4.98 Å². The lowest BCUT2D eigenvalue weighted by molar-refractivity contribution is -0.384. The standard InChI is InChI=1S/C18H17N3O3S2/c1-11-16(26-17(19-11)14-7-8-25-10-14)18(22)20(3)12(2)13-5-4-6-15(9-13)21(23)24/h4-10,12H,1-3H3. The summed E-state index contributed by atoms with van der Waals surface area (Å²) in [5, 5.41) is 15.8. The van der Waals surface area contributed by atoms with Crippen molar-refractivity contribution in [2.75, 3.05) is 7.05 Å². The van der Waals surface area contributed by atoms with Gasteiger partial charge in [0.25, 0.3) is 11.6 Å².